The lowest BCUT2D eigenvalue weighted by Gasteiger charge is -2.43. The summed E-state index contributed by atoms with van der Waals surface area (Å²) >= 11 is 1.62. The average Bonchev–Trinajstić information content (AvgIpc) is 3.52. The molecule has 218 valence electrons. The van der Waals surface area contributed by atoms with Crippen LogP contribution in [-0.2, 0) is 19.1 Å². The first-order chi connectivity index (χ1) is 19.1. The minimum absolute atomic E-state index is 0.0214. The van der Waals surface area contributed by atoms with Gasteiger partial charge in [-0.3, -0.25) is 14.4 Å². The number of hydrogen-bond acceptors (Lipinski definition) is 6. The fourth-order valence-corrected chi connectivity index (χ4v) is 9.50. The molecule has 3 aliphatic rings. The van der Waals surface area contributed by atoms with Gasteiger partial charge < -0.3 is 19.6 Å². The molecule has 40 heavy (non-hydrogen) atoms. The number of aliphatic hydroxyl groups excluding tert-OH is 1. The van der Waals surface area contributed by atoms with Gasteiger partial charge in [-0.15, -0.1) is 24.9 Å². The second-order valence-electron chi connectivity index (χ2n) is 11.7. The fraction of sp³-hybridized carbons (Fsp3) is 0.594. The van der Waals surface area contributed by atoms with Crippen molar-refractivity contribution in [2.24, 2.45) is 23.7 Å². The minimum atomic E-state index is -0.827. The van der Waals surface area contributed by atoms with Crippen molar-refractivity contribution in [3.63, 3.8) is 0 Å². The molecule has 2 bridgehead atoms. The quantitative estimate of drug-likeness (QED) is 0.224. The molecule has 3 aliphatic heterocycles. The van der Waals surface area contributed by atoms with Crippen molar-refractivity contribution >= 4 is 35.2 Å². The van der Waals surface area contributed by atoms with Gasteiger partial charge in [-0.25, -0.2) is 0 Å². The van der Waals surface area contributed by atoms with E-state index in [9.17, 15) is 19.5 Å². The van der Waals surface area contributed by atoms with Crippen molar-refractivity contribution in [1.82, 2.24) is 4.90 Å². The summed E-state index contributed by atoms with van der Waals surface area (Å²) in [5.41, 5.74) is 2.76. The minimum Gasteiger partial charge on any atom is -0.465 e. The number of ether oxygens (including phenoxy) is 1. The van der Waals surface area contributed by atoms with Gasteiger partial charge in [-0.1, -0.05) is 51.5 Å². The fourth-order valence-electron chi connectivity index (χ4n) is 7.11. The highest BCUT2D eigenvalue weighted by molar-refractivity contribution is 8.02. The largest absolute Gasteiger partial charge is 0.465 e. The number of anilines is 1. The maximum Gasteiger partial charge on any atom is 0.310 e. The molecule has 0 aromatic heterocycles. The zero-order valence-corrected chi connectivity index (χ0v) is 25.3. The highest BCUT2D eigenvalue weighted by Gasteiger charge is 2.77. The van der Waals surface area contributed by atoms with Crippen molar-refractivity contribution in [2.75, 3.05) is 24.7 Å². The Morgan fingerprint density at radius 3 is 2.65 bits per heavy atom. The summed E-state index contributed by atoms with van der Waals surface area (Å²) in [6.07, 6.45) is 5.40. The van der Waals surface area contributed by atoms with Crippen LogP contribution in [0.4, 0.5) is 5.69 Å². The monoisotopic (exact) mass is 568 g/mol. The van der Waals surface area contributed by atoms with Crippen molar-refractivity contribution < 1.29 is 24.2 Å². The summed E-state index contributed by atoms with van der Waals surface area (Å²) < 4.78 is 4.83. The molecule has 2 amide bonds. The summed E-state index contributed by atoms with van der Waals surface area (Å²) in [7, 11) is 0. The number of rotatable bonds is 12. The van der Waals surface area contributed by atoms with E-state index >= 15 is 0 Å². The summed E-state index contributed by atoms with van der Waals surface area (Å²) in [5.74, 6) is -2.10. The molecule has 3 saturated heterocycles. The predicted octanol–water partition coefficient (Wildman–Crippen LogP) is 4.69. The Morgan fingerprint density at radius 2 is 2.02 bits per heavy atom. The molecule has 0 saturated carbocycles. The summed E-state index contributed by atoms with van der Waals surface area (Å²) in [5, 5.41) is 10.5. The van der Waals surface area contributed by atoms with Gasteiger partial charge in [0.05, 0.1) is 35.8 Å². The SMILES string of the molecule is C=CCCOC(=O)[C@@H]1[C@@H]2CC(C)C3(S2)C(C(=O)N(CC=C)c2cc(C)ccc2C)N([C@@H](CO)[C@@H](C)CC)C(=O)[C@H]13. The van der Waals surface area contributed by atoms with Gasteiger partial charge in [0.1, 0.15) is 6.04 Å². The maximum absolute atomic E-state index is 14.9. The number of thioether (sulfide) groups is 1. The second-order valence-corrected chi connectivity index (χ2v) is 13.3. The molecule has 3 fully saturated rings. The molecule has 1 N–H and O–H groups in total. The highest BCUT2D eigenvalue weighted by atomic mass is 32.2. The number of fused-ring (bicyclic) bond motifs is 1. The van der Waals surface area contributed by atoms with Crippen molar-refractivity contribution in [1.29, 1.82) is 0 Å². The molecule has 3 heterocycles. The van der Waals surface area contributed by atoms with Crippen LogP contribution in [0.1, 0.15) is 51.2 Å². The van der Waals surface area contributed by atoms with Gasteiger partial charge in [0, 0.05) is 17.5 Å². The summed E-state index contributed by atoms with van der Waals surface area (Å²) in [6.45, 7) is 18.0. The predicted molar refractivity (Wildman–Crippen MR) is 160 cm³/mol. The molecule has 0 radical (unpaired) electrons. The maximum atomic E-state index is 14.9. The van der Waals surface area contributed by atoms with Gasteiger partial charge in [0.2, 0.25) is 5.91 Å². The molecular formula is C32H44N2O5S. The van der Waals surface area contributed by atoms with E-state index in [0.29, 0.717) is 6.42 Å². The number of hydrogen-bond donors (Lipinski definition) is 1. The lowest BCUT2D eigenvalue weighted by Crippen LogP contribution is -2.60. The first-order valence-corrected chi connectivity index (χ1v) is 15.3. The number of aliphatic hydroxyl groups is 1. The van der Waals surface area contributed by atoms with E-state index < -0.39 is 28.7 Å². The third-order valence-corrected chi connectivity index (χ3v) is 11.4. The first-order valence-electron chi connectivity index (χ1n) is 14.5. The van der Waals surface area contributed by atoms with Gasteiger partial charge >= 0.3 is 5.97 Å². The van der Waals surface area contributed by atoms with Crippen LogP contribution in [0.25, 0.3) is 0 Å². The first kappa shape index (κ1) is 30.4. The topological polar surface area (TPSA) is 87.2 Å². The van der Waals surface area contributed by atoms with Crippen molar-refractivity contribution in [2.45, 2.75) is 76.0 Å². The van der Waals surface area contributed by atoms with Gasteiger partial charge in [0.15, 0.2) is 0 Å². The zero-order valence-electron chi connectivity index (χ0n) is 24.5. The average molecular weight is 569 g/mol. The van der Waals surface area contributed by atoms with Crippen LogP contribution in [0.5, 0.6) is 0 Å². The molecule has 7 nitrogen and oxygen atoms in total. The molecular weight excluding hydrogens is 524 g/mol. The zero-order chi connectivity index (χ0) is 29.4. The van der Waals surface area contributed by atoms with Crippen LogP contribution in [0, 0.1) is 37.5 Å². The van der Waals surface area contributed by atoms with Crippen LogP contribution in [0.2, 0.25) is 0 Å². The molecule has 0 aliphatic carbocycles. The van der Waals surface area contributed by atoms with Gasteiger partial charge in [-0.05, 0) is 55.7 Å². The number of likely N-dealkylation sites (tertiary alicyclic amines) is 1. The molecule has 1 spiro atoms. The number of esters is 1. The second kappa shape index (κ2) is 12.1. The third kappa shape index (κ3) is 4.81. The van der Waals surface area contributed by atoms with Gasteiger partial charge in [0.25, 0.3) is 5.91 Å². The van der Waals surface area contributed by atoms with E-state index in [1.54, 1.807) is 33.7 Å². The Morgan fingerprint density at radius 1 is 1.30 bits per heavy atom. The van der Waals surface area contributed by atoms with Crippen LogP contribution in [0.3, 0.4) is 0 Å². The molecule has 3 unspecified atom stereocenters. The Bertz CT molecular complexity index is 1170. The molecule has 8 atom stereocenters. The summed E-state index contributed by atoms with van der Waals surface area (Å²) in [6, 6.07) is 4.63. The Hall–Kier alpha value is -2.58. The number of nitrogens with zero attached hydrogens (tertiary/aromatic N) is 2. The highest BCUT2D eigenvalue weighted by Crippen LogP contribution is 2.69. The summed E-state index contributed by atoms with van der Waals surface area (Å²) in [4.78, 5) is 46.3. The lowest BCUT2D eigenvalue weighted by molar-refractivity contribution is -0.155. The third-order valence-electron chi connectivity index (χ3n) is 9.33. The van der Waals surface area contributed by atoms with E-state index in [2.05, 4.69) is 20.1 Å². The standard InChI is InChI=1S/C32H44N2O5S/c1-8-11-15-39-31(38)26-25-17-22(7)32(40-25)27(26)29(36)34(24(18-35)20(5)10-3)28(32)30(37)33(14-9-2)23-16-19(4)12-13-21(23)6/h8-9,12-13,16,20,22,24-28,35H,1-2,10-11,14-15,17-18H2,3-7H3/t20-,22?,24-,25-,26+,27-,28?,32?/m0/s1. The molecule has 1 aromatic rings. The van der Waals surface area contributed by atoms with Gasteiger partial charge in [-0.2, -0.15) is 0 Å². The van der Waals surface area contributed by atoms with Crippen LogP contribution >= 0.6 is 11.8 Å². The van der Waals surface area contributed by atoms with E-state index in [0.717, 1.165) is 29.7 Å². The van der Waals surface area contributed by atoms with E-state index in [-0.39, 0.29) is 54.6 Å². The van der Waals surface area contributed by atoms with E-state index in [1.807, 2.05) is 45.9 Å². The van der Waals surface area contributed by atoms with Crippen molar-refractivity contribution in [3.8, 4) is 0 Å². The Balaban J connectivity index is 1.86. The van der Waals surface area contributed by atoms with E-state index in [4.69, 9.17) is 4.74 Å². The van der Waals surface area contributed by atoms with Crippen LogP contribution in [0.15, 0.2) is 43.5 Å². The van der Waals surface area contributed by atoms with Crippen LogP contribution in [-0.4, -0.2) is 69.6 Å². The van der Waals surface area contributed by atoms with E-state index in [1.165, 1.54) is 0 Å². The number of carbonyl (C=O) groups is 3. The van der Waals surface area contributed by atoms with Crippen LogP contribution < -0.4 is 4.90 Å². The number of amides is 2. The molecule has 8 heteroatoms. The van der Waals surface area contributed by atoms with Crippen molar-refractivity contribution in [3.05, 3.63) is 54.6 Å². The number of aryl methyl sites for hydroxylation is 2. The number of benzene rings is 1. The Kier molecular flexibility index (Phi) is 9.20. The molecule has 1 aromatic carbocycles. The number of carbonyl (C=O) groups excluding carboxylic acids is 3. The Labute approximate surface area is 243 Å². The molecule has 4 rings (SSSR count). The lowest BCUT2D eigenvalue weighted by atomic mass is 9.66. The normalized spacial score (nSPS) is 30.1. The smallest absolute Gasteiger partial charge is 0.310 e.